The maximum atomic E-state index is 11.2. The van der Waals surface area contributed by atoms with Crippen molar-refractivity contribution in [3.63, 3.8) is 0 Å². The molecule has 3 aromatic rings. The van der Waals surface area contributed by atoms with Gasteiger partial charge in [-0.3, -0.25) is 9.00 Å². The molecular weight excluding hydrogens is 520 g/mol. The molecule has 3 aromatic carbocycles. The minimum absolute atomic E-state index is 0.0698. The fourth-order valence-electron chi connectivity index (χ4n) is 3.58. The second-order valence-corrected chi connectivity index (χ2v) is 9.66. The molecule has 2 unspecified atom stereocenters. The van der Waals surface area contributed by atoms with Crippen LogP contribution in [-0.4, -0.2) is 56.8 Å². The van der Waals surface area contributed by atoms with Gasteiger partial charge in [0.2, 0.25) is 0 Å². The SMILES string of the molecule is CN(c1cc(C(O)CNCCOc2ccc(-c3ccc(CCC(=O)O)cc3)cc2Cl)ccc1O)S(=O)[O-]. The first-order valence-corrected chi connectivity index (χ1v) is 12.8. The van der Waals surface area contributed by atoms with Crippen LogP contribution in [0.4, 0.5) is 5.69 Å². The van der Waals surface area contributed by atoms with Gasteiger partial charge in [0.05, 0.1) is 16.8 Å². The van der Waals surface area contributed by atoms with Crippen molar-refractivity contribution in [1.82, 2.24) is 5.32 Å². The molecular formula is C26H28ClN2O7S-. The van der Waals surface area contributed by atoms with Crippen molar-refractivity contribution in [2.75, 3.05) is 31.0 Å². The van der Waals surface area contributed by atoms with E-state index in [0.29, 0.717) is 35.9 Å². The maximum absolute atomic E-state index is 11.2. The minimum Gasteiger partial charge on any atom is -0.755 e. The Morgan fingerprint density at radius 2 is 1.84 bits per heavy atom. The fourth-order valence-corrected chi connectivity index (χ4v) is 4.12. The van der Waals surface area contributed by atoms with Crippen LogP contribution in [0.1, 0.15) is 23.7 Å². The molecule has 0 heterocycles. The number of aliphatic carboxylic acids is 1. The highest BCUT2D eigenvalue weighted by Crippen LogP contribution is 2.31. The van der Waals surface area contributed by atoms with Gasteiger partial charge in [-0.25, -0.2) is 0 Å². The monoisotopic (exact) mass is 547 g/mol. The van der Waals surface area contributed by atoms with E-state index in [4.69, 9.17) is 21.4 Å². The Labute approximate surface area is 222 Å². The zero-order valence-electron chi connectivity index (χ0n) is 20.1. The Hall–Kier alpha value is -3.15. The van der Waals surface area contributed by atoms with E-state index in [1.54, 1.807) is 12.1 Å². The third-order valence-electron chi connectivity index (χ3n) is 5.67. The summed E-state index contributed by atoms with van der Waals surface area (Å²) in [6.45, 7) is 0.901. The molecule has 0 saturated heterocycles. The lowest BCUT2D eigenvalue weighted by Crippen LogP contribution is -2.26. The molecule has 0 radical (unpaired) electrons. The zero-order chi connectivity index (χ0) is 26.9. The standard InChI is InChI=1S/C26H29ClN2O7S/c1-29(37(34)35)22-15-20(7-9-23(22)30)24(31)16-28-12-13-36-25-10-8-19(14-21(25)27)18-5-2-17(3-6-18)4-11-26(32)33/h2-3,5-10,14-15,24,28,30-31H,4,11-13,16H2,1H3,(H,32,33)(H,34,35)/p-1. The van der Waals surface area contributed by atoms with Gasteiger partial charge < -0.3 is 34.2 Å². The van der Waals surface area contributed by atoms with E-state index >= 15 is 0 Å². The number of aliphatic hydroxyl groups is 1. The predicted molar refractivity (Wildman–Crippen MR) is 142 cm³/mol. The number of phenolic OH excluding ortho intramolecular Hbond substituents is 1. The summed E-state index contributed by atoms with van der Waals surface area (Å²) in [5.74, 6) is -0.518. The molecule has 0 amide bonds. The first kappa shape index (κ1) is 28.4. The Morgan fingerprint density at radius 1 is 1.14 bits per heavy atom. The van der Waals surface area contributed by atoms with Crippen LogP contribution in [0, 0.1) is 0 Å². The van der Waals surface area contributed by atoms with Gasteiger partial charge in [-0.15, -0.1) is 0 Å². The van der Waals surface area contributed by atoms with Gasteiger partial charge in [-0.05, 0) is 52.9 Å². The Kier molecular flexibility index (Phi) is 10.3. The highest BCUT2D eigenvalue weighted by atomic mass is 35.5. The minimum atomic E-state index is -2.56. The molecule has 4 N–H and O–H groups in total. The van der Waals surface area contributed by atoms with Crippen LogP contribution in [-0.2, 0) is 22.5 Å². The van der Waals surface area contributed by atoms with Crippen molar-refractivity contribution >= 4 is 34.5 Å². The first-order valence-electron chi connectivity index (χ1n) is 11.4. The van der Waals surface area contributed by atoms with Crippen LogP contribution < -0.4 is 14.4 Å². The number of phenols is 1. The van der Waals surface area contributed by atoms with E-state index < -0.39 is 23.3 Å². The van der Waals surface area contributed by atoms with Gasteiger partial charge in [0, 0.05) is 37.8 Å². The highest BCUT2D eigenvalue weighted by Gasteiger charge is 2.13. The van der Waals surface area contributed by atoms with Crippen LogP contribution in [0.3, 0.4) is 0 Å². The molecule has 0 bridgehead atoms. The summed E-state index contributed by atoms with van der Waals surface area (Å²) in [6.07, 6.45) is -0.358. The number of nitrogens with zero attached hydrogens (tertiary/aromatic N) is 1. The van der Waals surface area contributed by atoms with Gasteiger partial charge in [-0.1, -0.05) is 48.0 Å². The Bertz CT molecular complexity index is 1240. The van der Waals surface area contributed by atoms with Crippen molar-refractivity contribution in [1.29, 1.82) is 0 Å². The lowest BCUT2D eigenvalue weighted by molar-refractivity contribution is -0.136. The second kappa shape index (κ2) is 13.4. The molecule has 0 spiro atoms. The number of aromatic hydroxyl groups is 1. The number of hydrogen-bond acceptors (Lipinski definition) is 7. The van der Waals surface area contributed by atoms with Crippen molar-refractivity contribution < 1.29 is 33.6 Å². The number of ether oxygens (including phenoxy) is 1. The third kappa shape index (κ3) is 8.17. The number of carboxylic acid groups (broad SMARTS) is 1. The lowest BCUT2D eigenvalue weighted by Gasteiger charge is -2.23. The average molecular weight is 548 g/mol. The quantitative estimate of drug-likeness (QED) is 0.187. The van der Waals surface area contributed by atoms with E-state index in [-0.39, 0.29) is 24.4 Å². The van der Waals surface area contributed by atoms with Gasteiger partial charge in [0.15, 0.2) is 0 Å². The van der Waals surface area contributed by atoms with Crippen molar-refractivity contribution in [3.8, 4) is 22.6 Å². The maximum Gasteiger partial charge on any atom is 0.303 e. The summed E-state index contributed by atoms with van der Waals surface area (Å²) in [5, 5.41) is 32.6. The van der Waals surface area contributed by atoms with Crippen LogP contribution in [0.15, 0.2) is 60.7 Å². The first-order chi connectivity index (χ1) is 17.7. The smallest absolute Gasteiger partial charge is 0.303 e. The topological polar surface area (TPSA) is 142 Å². The largest absolute Gasteiger partial charge is 0.755 e. The zero-order valence-corrected chi connectivity index (χ0v) is 21.7. The van der Waals surface area contributed by atoms with Gasteiger partial charge in [0.1, 0.15) is 18.1 Å². The number of carbonyl (C=O) groups is 1. The molecule has 0 aliphatic carbocycles. The number of aliphatic hydroxyl groups excluding tert-OH is 1. The Morgan fingerprint density at radius 3 is 2.49 bits per heavy atom. The van der Waals surface area contributed by atoms with Gasteiger partial charge in [0.25, 0.3) is 0 Å². The summed E-state index contributed by atoms with van der Waals surface area (Å²) in [6, 6.07) is 17.4. The molecule has 0 aliphatic rings. The summed E-state index contributed by atoms with van der Waals surface area (Å²) < 4.78 is 28.9. The molecule has 0 aromatic heterocycles. The normalized spacial score (nSPS) is 12.6. The van der Waals surface area contributed by atoms with E-state index in [9.17, 15) is 23.8 Å². The van der Waals surface area contributed by atoms with Crippen LogP contribution >= 0.6 is 11.6 Å². The molecule has 9 nitrogen and oxygen atoms in total. The van der Waals surface area contributed by atoms with E-state index in [2.05, 4.69) is 5.32 Å². The number of aryl methyl sites for hydroxylation is 1. The van der Waals surface area contributed by atoms with Gasteiger partial charge in [-0.2, -0.15) is 0 Å². The third-order valence-corrected chi connectivity index (χ3v) is 6.61. The van der Waals surface area contributed by atoms with E-state index in [1.165, 1.54) is 25.2 Å². The summed E-state index contributed by atoms with van der Waals surface area (Å²) in [4.78, 5) is 10.7. The lowest BCUT2D eigenvalue weighted by atomic mass is 10.0. The Balaban J connectivity index is 1.48. The van der Waals surface area contributed by atoms with Crippen LogP contribution in [0.2, 0.25) is 5.02 Å². The summed E-state index contributed by atoms with van der Waals surface area (Å²) >= 11 is 3.84. The number of halogens is 1. The number of carboxylic acids is 1. The van der Waals surface area contributed by atoms with Gasteiger partial charge >= 0.3 is 5.97 Å². The molecule has 0 aliphatic heterocycles. The molecule has 0 fully saturated rings. The molecule has 0 saturated carbocycles. The summed E-state index contributed by atoms with van der Waals surface area (Å²) in [7, 11) is 1.29. The fraction of sp³-hybridized carbons (Fsp3) is 0.269. The molecule has 3 rings (SSSR count). The number of hydrogen-bond donors (Lipinski definition) is 4. The van der Waals surface area contributed by atoms with E-state index in [0.717, 1.165) is 21.0 Å². The second-order valence-electron chi connectivity index (χ2n) is 8.27. The molecule has 2 atom stereocenters. The van der Waals surface area contributed by atoms with Crippen molar-refractivity contribution in [2.45, 2.75) is 18.9 Å². The van der Waals surface area contributed by atoms with Crippen LogP contribution in [0.5, 0.6) is 11.5 Å². The van der Waals surface area contributed by atoms with Crippen molar-refractivity contribution in [3.05, 3.63) is 76.8 Å². The van der Waals surface area contributed by atoms with E-state index in [1.807, 2.05) is 30.3 Å². The highest BCUT2D eigenvalue weighted by molar-refractivity contribution is 7.80. The van der Waals surface area contributed by atoms with Crippen molar-refractivity contribution in [2.24, 2.45) is 0 Å². The number of anilines is 1. The molecule has 37 heavy (non-hydrogen) atoms. The average Bonchev–Trinajstić information content (AvgIpc) is 2.88. The molecule has 11 heteroatoms. The summed E-state index contributed by atoms with van der Waals surface area (Å²) in [5.41, 5.74) is 3.33. The number of benzene rings is 3. The number of rotatable bonds is 13. The van der Waals surface area contributed by atoms with Crippen LogP contribution in [0.25, 0.3) is 11.1 Å². The predicted octanol–water partition coefficient (Wildman–Crippen LogP) is 3.66. The molecule has 198 valence electrons. The number of nitrogens with one attached hydrogen (secondary N) is 1.